The van der Waals surface area contributed by atoms with Gasteiger partial charge in [-0.25, -0.2) is 0 Å². The molecule has 0 rings (SSSR count). The third-order valence-electron chi connectivity index (χ3n) is 1.47. The van der Waals surface area contributed by atoms with E-state index in [9.17, 15) is 4.79 Å². The lowest BCUT2D eigenvalue weighted by Gasteiger charge is -2.13. The van der Waals surface area contributed by atoms with Crippen LogP contribution in [0.15, 0.2) is 0 Å². The van der Waals surface area contributed by atoms with Gasteiger partial charge in [-0.3, -0.25) is 4.79 Å². The Balaban J connectivity index is 3.60. The molecular formula is C7H16N2O4. The standard InChI is InChI=1S/C7H16N2O4/c8-6(12)1-2-7(13)9-5(3-10)4-11/h5-6,10-12H,1-4,8H2,(H,9,13). The molecule has 0 saturated heterocycles. The fourth-order valence-electron chi connectivity index (χ4n) is 0.728. The van der Waals surface area contributed by atoms with Crippen molar-refractivity contribution < 1.29 is 20.1 Å². The molecule has 0 saturated carbocycles. The van der Waals surface area contributed by atoms with Crippen molar-refractivity contribution >= 4 is 5.91 Å². The third kappa shape index (κ3) is 6.47. The highest BCUT2D eigenvalue weighted by molar-refractivity contribution is 5.76. The van der Waals surface area contributed by atoms with Crippen LogP contribution in [-0.4, -0.2) is 46.7 Å². The van der Waals surface area contributed by atoms with E-state index in [4.69, 9.17) is 21.1 Å². The maximum absolute atomic E-state index is 11.0. The van der Waals surface area contributed by atoms with E-state index in [1.54, 1.807) is 0 Å². The first-order chi connectivity index (χ1) is 6.10. The first kappa shape index (κ1) is 12.3. The maximum atomic E-state index is 11.0. The number of carbonyl (C=O) groups excluding carboxylic acids is 1. The quantitative estimate of drug-likeness (QED) is 0.299. The summed E-state index contributed by atoms with van der Waals surface area (Å²) in [5.41, 5.74) is 5.01. The normalized spacial score (nSPS) is 13.0. The molecule has 0 aromatic carbocycles. The monoisotopic (exact) mass is 192 g/mol. The number of amides is 1. The van der Waals surface area contributed by atoms with Gasteiger partial charge in [-0.1, -0.05) is 0 Å². The molecule has 1 amide bonds. The van der Waals surface area contributed by atoms with Gasteiger partial charge in [-0.2, -0.15) is 0 Å². The molecule has 0 aliphatic carbocycles. The predicted octanol–water partition coefficient (Wildman–Crippen LogP) is -2.49. The number of nitrogens with one attached hydrogen (secondary N) is 1. The summed E-state index contributed by atoms with van der Waals surface area (Å²) in [4.78, 5) is 11.0. The first-order valence-electron chi connectivity index (χ1n) is 4.05. The third-order valence-corrected chi connectivity index (χ3v) is 1.47. The van der Waals surface area contributed by atoms with Crippen LogP contribution in [0.2, 0.25) is 0 Å². The van der Waals surface area contributed by atoms with E-state index < -0.39 is 12.3 Å². The molecule has 0 aliphatic rings. The number of carbonyl (C=O) groups is 1. The Hall–Kier alpha value is -0.690. The van der Waals surface area contributed by atoms with E-state index in [2.05, 4.69) is 5.32 Å². The Morgan fingerprint density at radius 1 is 1.38 bits per heavy atom. The molecule has 0 aromatic heterocycles. The van der Waals surface area contributed by atoms with Gasteiger partial charge in [0.2, 0.25) is 5.91 Å². The van der Waals surface area contributed by atoms with Gasteiger partial charge in [0, 0.05) is 6.42 Å². The van der Waals surface area contributed by atoms with Crippen LogP contribution in [0.3, 0.4) is 0 Å². The summed E-state index contributed by atoms with van der Waals surface area (Å²) in [6.07, 6.45) is -0.767. The zero-order valence-corrected chi connectivity index (χ0v) is 7.31. The molecule has 0 radical (unpaired) electrons. The Bertz CT molecular complexity index is 147. The van der Waals surface area contributed by atoms with Gasteiger partial charge in [0.1, 0.15) is 6.23 Å². The van der Waals surface area contributed by atoms with Gasteiger partial charge in [0.25, 0.3) is 0 Å². The van der Waals surface area contributed by atoms with E-state index in [-0.39, 0.29) is 32.0 Å². The molecule has 0 heterocycles. The van der Waals surface area contributed by atoms with E-state index in [0.717, 1.165) is 0 Å². The largest absolute Gasteiger partial charge is 0.394 e. The highest BCUT2D eigenvalue weighted by Crippen LogP contribution is 1.92. The SMILES string of the molecule is NC(O)CCC(=O)NC(CO)CO. The number of aliphatic hydroxyl groups is 3. The Labute approximate surface area is 76.4 Å². The molecule has 1 unspecified atom stereocenters. The zero-order chi connectivity index (χ0) is 10.3. The van der Waals surface area contributed by atoms with Crippen LogP contribution in [-0.2, 0) is 4.79 Å². The van der Waals surface area contributed by atoms with Crippen molar-refractivity contribution in [3.63, 3.8) is 0 Å². The van der Waals surface area contributed by atoms with Crippen LogP contribution in [0, 0.1) is 0 Å². The Morgan fingerprint density at radius 3 is 2.31 bits per heavy atom. The fraction of sp³-hybridized carbons (Fsp3) is 0.857. The summed E-state index contributed by atoms with van der Waals surface area (Å²) >= 11 is 0. The van der Waals surface area contributed by atoms with Crippen molar-refractivity contribution in [3.8, 4) is 0 Å². The van der Waals surface area contributed by atoms with Crippen LogP contribution < -0.4 is 11.1 Å². The molecule has 0 spiro atoms. The summed E-state index contributed by atoms with van der Waals surface area (Å²) < 4.78 is 0. The smallest absolute Gasteiger partial charge is 0.220 e. The minimum absolute atomic E-state index is 0.0775. The molecule has 0 fully saturated rings. The van der Waals surface area contributed by atoms with Crippen molar-refractivity contribution in [2.24, 2.45) is 5.73 Å². The van der Waals surface area contributed by atoms with Gasteiger partial charge in [0.05, 0.1) is 19.3 Å². The number of rotatable bonds is 6. The Morgan fingerprint density at radius 2 is 1.92 bits per heavy atom. The second kappa shape index (κ2) is 6.79. The lowest BCUT2D eigenvalue weighted by molar-refractivity contribution is -0.123. The topological polar surface area (TPSA) is 116 Å². The van der Waals surface area contributed by atoms with E-state index in [1.807, 2.05) is 0 Å². The van der Waals surface area contributed by atoms with Crippen molar-refractivity contribution in [3.05, 3.63) is 0 Å². The lowest BCUT2D eigenvalue weighted by Crippen LogP contribution is -2.40. The zero-order valence-electron chi connectivity index (χ0n) is 7.31. The average Bonchev–Trinajstić information content (AvgIpc) is 2.10. The summed E-state index contributed by atoms with van der Waals surface area (Å²) in [6, 6.07) is -0.637. The maximum Gasteiger partial charge on any atom is 0.220 e. The first-order valence-corrected chi connectivity index (χ1v) is 4.05. The number of nitrogens with two attached hydrogens (primary N) is 1. The van der Waals surface area contributed by atoms with Crippen LogP contribution >= 0.6 is 0 Å². The molecule has 78 valence electrons. The van der Waals surface area contributed by atoms with Crippen molar-refractivity contribution in [1.82, 2.24) is 5.32 Å². The highest BCUT2D eigenvalue weighted by Gasteiger charge is 2.10. The van der Waals surface area contributed by atoms with Crippen molar-refractivity contribution in [1.29, 1.82) is 0 Å². The van der Waals surface area contributed by atoms with Crippen LogP contribution in [0.4, 0.5) is 0 Å². The number of hydrogen-bond donors (Lipinski definition) is 5. The summed E-state index contributed by atoms with van der Waals surface area (Å²) in [6.45, 7) is -0.624. The predicted molar refractivity (Wildman–Crippen MR) is 45.5 cm³/mol. The molecule has 13 heavy (non-hydrogen) atoms. The van der Waals surface area contributed by atoms with Crippen LogP contribution in [0.1, 0.15) is 12.8 Å². The lowest BCUT2D eigenvalue weighted by atomic mass is 10.2. The molecule has 1 atom stereocenters. The van der Waals surface area contributed by atoms with Crippen LogP contribution in [0.25, 0.3) is 0 Å². The molecule has 6 nitrogen and oxygen atoms in total. The molecule has 0 aromatic rings. The van der Waals surface area contributed by atoms with Gasteiger partial charge in [-0.15, -0.1) is 0 Å². The van der Waals surface area contributed by atoms with Gasteiger partial charge in [-0.05, 0) is 6.42 Å². The number of hydrogen-bond acceptors (Lipinski definition) is 5. The van der Waals surface area contributed by atoms with E-state index in [1.165, 1.54) is 0 Å². The van der Waals surface area contributed by atoms with E-state index in [0.29, 0.717) is 0 Å². The highest BCUT2D eigenvalue weighted by atomic mass is 16.3. The van der Waals surface area contributed by atoms with Crippen LogP contribution in [0.5, 0.6) is 0 Å². The average molecular weight is 192 g/mol. The minimum Gasteiger partial charge on any atom is -0.394 e. The van der Waals surface area contributed by atoms with Crippen molar-refractivity contribution in [2.45, 2.75) is 25.1 Å². The minimum atomic E-state index is -1.01. The summed E-state index contributed by atoms with van der Waals surface area (Å²) in [7, 11) is 0. The van der Waals surface area contributed by atoms with Crippen molar-refractivity contribution in [2.75, 3.05) is 13.2 Å². The second-order valence-corrected chi connectivity index (χ2v) is 2.74. The summed E-state index contributed by atoms with van der Waals surface area (Å²) in [5.74, 6) is -0.349. The van der Waals surface area contributed by atoms with Gasteiger partial charge < -0.3 is 26.4 Å². The molecule has 0 aliphatic heterocycles. The molecule has 0 bridgehead atoms. The fourth-order valence-corrected chi connectivity index (χ4v) is 0.728. The molecule has 6 N–H and O–H groups in total. The second-order valence-electron chi connectivity index (χ2n) is 2.74. The van der Waals surface area contributed by atoms with Gasteiger partial charge >= 0.3 is 0 Å². The Kier molecular flexibility index (Phi) is 6.43. The number of aliphatic hydroxyl groups excluding tert-OH is 3. The van der Waals surface area contributed by atoms with E-state index >= 15 is 0 Å². The van der Waals surface area contributed by atoms with Gasteiger partial charge in [0.15, 0.2) is 0 Å². The summed E-state index contributed by atoms with van der Waals surface area (Å²) in [5, 5.41) is 28.2. The molecule has 6 heteroatoms. The molecular weight excluding hydrogens is 176 g/mol.